The Morgan fingerprint density at radius 3 is 2.38 bits per heavy atom. The van der Waals surface area contributed by atoms with E-state index in [1.807, 2.05) is 39.0 Å². The Kier molecular flexibility index (Phi) is 7.43. The van der Waals surface area contributed by atoms with Crippen LogP contribution in [0.3, 0.4) is 0 Å². The highest BCUT2D eigenvalue weighted by molar-refractivity contribution is 6.51. The lowest BCUT2D eigenvalue weighted by Gasteiger charge is -2.26. The van der Waals surface area contributed by atoms with Gasteiger partial charge in [-0.3, -0.25) is 14.5 Å². The zero-order valence-electron chi connectivity index (χ0n) is 21.2. The van der Waals surface area contributed by atoms with Crippen molar-refractivity contribution < 1.29 is 29.0 Å². The number of nitrogens with zero attached hydrogens (tertiary/aromatic N) is 1. The third-order valence-corrected chi connectivity index (χ3v) is 5.92. The Morgan fingerprint density at radius 1 is 0.973 bits per heavy atom. The molecule has 4 rings (SSSR count). The van der Waals surface area contributed by atoms with Crippen LogP contribution in [0.5, 0.6) is 5.75 Å². The minimum atomic E-state index is -0.910. The lowest BCUT2D eigenvalue weighted by molar-refractivity contribution is -0.132. The number of ketones is 1. The van der Waals surface area contributed by atoms with Gasteiger partial charge in [-0.05, 0) is 63.6 Å². The predicted octanol–water partition coefficient (Wildman–Crippen LogP) is 5.59. The first-order chi connectivity index (χ1) is 17.7. The molecule has 0 aromatic heterocycles. The first kappa shape index (κ1) is 25.7. The van der Waals surface area contributed by atoms with Crippen molar-refractivity contribution in [2.75, 3.05) is 11.5 Å². The Hall–Kier alpha value is -4.39. The van der Waals surface area contributed by atoms with Crippen LogP contribution in [0.2, 0.25) is 0 Å². The van der Waals surface area contributed by atoms with Crippen LogP contribution >= 0.6 is 0 Å². The van der Waals surface area contributed by atoms with Gasteiger partial charge in [-0.15, -0.1) is 0 Å². The summed E-state index contributed by atoms with van der Waals surface area (Å²) in [5, 5.41) is 11.4. The normalized spacial score (nSPS) is 16.8. The number of esters is 1. The maximum atomic E-state index is 13.4. The van der Waals surface area contributed by atoms with Crippen LogP contribution in [0.1, 0.15) is 53.9 Å². The van der Waals surface area contributed by atoms with Crippen molar-refractivity contribution in [3.05, 3.63) is 101 Å². The zero-order valence-corrected chi connectivity index (χ0v) is 21.2. The number of hydrogen-bond donors (Lipinski definition) is 1. The van der Waals surface area contributed by atoms with Crippen LogP contribution in [-0.2, 0) is 14.3 Å². The third-order valence-electron chi connectivity index (χ3n) is 5.92. The SMILES string of the molecule is CCOC(=O)c1cccc(N2C(=O)C(=O)/C(=C(/O)c3cccc(OC(C)C)c3)C2c2cccc(C)c2)c1. The molecule has 1 aliphatic rings. The number of amides is 1. The van der Waals surface area contributed by atoms with Crippen molar-refractivity contribution in [2.45, 2.75) is 39.8 Å². The minimum Gasteiger partial charge on any atom is -0.507 e. The fourth-order valence-corrected chi connectivity index (χ4v) is 4.40. The molecule has 1 heterocycles. The molecule has 7 heteroatoms. The summed E-state index contributed by atoms with van der Waals surface area (Å²) in [5.74, 6) is -1.93. The highest BCUT2D eigenvalue weighted by atomic mass is 16.5. The van der Waals surface area contributed by atoms with E-state index in [9.17, 15) is 19.5 Å². The predicted molar refractivity (Wildman–Crippen MR) is 141 cm³/mol. The van der Waals surface area contributed by atoms with Crippen molar-refractivity contribution in [3.8, 4) is 5.75 Å². The lowest BCUT2D eigenvalue weighted by Crippen LogP contribution is -2.29. The van der Waals surface area contributed by atoms with E-state index in [1.165, 1.54) is 11.0 Å². The fourth-order valence-electron chi connectivity index (χ4n) is 4.40. The van der Waals surface area contributed by atoms with Gasteiger partial charge in [0.2, 0.25) is 0 Å². The number of carbonyl (C=O) groups excluding carboxylic acids is 3. The monoisotopic (exact) mass is 499 g/mol. The van der Waals surface area contributed by atoms with Crippen molar-refractivity contribution >= 4 is 29.1 Å². The first-order valence-corrected chi connectivity index (χ1v) is 12.1. The number of aliphatic hydroxyl groups is 1. The molecule has 3 aromatic rings. The average molecular weight is 500 g/mol. The van der Waals surface area contributed by atoms with Gasteiger partial charge in [0.15, 0.2) is 0 Å². The number of anilines is 1. The van der Waals surface area contributed by atoms with Crippen LogP contribution in [0.25, 0.3) is 5.76 Å². The molecule has 3 aromatic carbocycles. The molecule has 1 fully saturated rings. The van der Waals surface area contributed by atoms with Crippen molar-refractivity contribution in [1.82, 2.24) is 0 Å². The van der Waals surface area contributed by atoms with Crippen LogP contribution < -0.4 is 9.64 Å². The number of Topliss-reactive ketones (excluding diaryl/α,β-unsaturated/α-hetero) is 1. The van der Waals surface area contributed by atoms with E-state index in [1.54, 1.807) is 55.5 Å². The smallest absolute Gasteiger partial charge is 0.338 e. The van der Waals surface area contributed by atoms with E-state index < -0.39 is 23.7 Å². The highest BCUT2D eigenvalue weighted by Crippen LogP contribution is 2.42. The van der Waals surface area contributed by atoms with E-state index >= 15 is 0 Å². The van der Waals surface area contributed by atoms with Gasteiger partial charge in [0.25, 0.3) is 11.7 Å². The van der Waals surface area contributed by atoms with Crippen LogP contribution in [0.15, 0.2) is 78.4 Å². The average Bonchev–Trinajstić information content (AvgIpc) is 3.14. The van der Waals surface area contributed by atoms with Crippen molar-refractivity contribution in [3.63, 3.8) is 0 Å². The van der Waals surface area contributed by atoms with Crippen LogP contribution in [-0.4, -0.2) is 35.5 Å². The number of benzene rings is 3. The van der Waals surface area contributed by atoms with Gasteiger partial charge in [0.05, 0.1) is 29.9 Å². The van der Waals surface area contributed by atoms with Gasteiger partial charge in [-0.2, -0.15) is 0 Å². The summed E-state index contributed by atoms with van der Waals surface area (Å²) < 4.78 is 10.9. The first-order valence-electron chi connectivity index (χ1n) is 12.1. The van der Waals surface area contributed by atoms with Crippen molar-refractivity contribution in [2.24, 2.45) is 0 Å². The largest absolute Gasteiger partial charge is 0.507 e. The molecular weight excluding hydrogens is 470 g/mol. The number of carbonyl (C=O) groups is 3. The van der Waals surface area contributed by atoms with E-state index in [0.717, 1.165) is 5.56 Å². The Balaban J connectivity index is 1.90. The fraction of sp³-hybridized carbons (Fsp3) is 0.233. The van der Waals surface area contributed by atoms with Gasteiger partial charge in [0.1, 0.15) is 11.5 Å². The summed E-state index contributed by atoms with van der Waals surface area (Å²) in [5.41, 5.74) is 2.48. The zero-order chi connectivity index (χ0) is 26.7. The van der Waals surface area contributed by atoms with E-state index in [0.29, 0.717) is 22.6 Å². The molecule has 190 valence electrons. The summed E-state index contributed by atoms with van der Waals surface area (Å²) in [6.07, 6.45) is -0.0815. The molecule has 1 unspecified atom stereocenters. The molecule has 1 N–H and O–H groups in total. The lowest BCUT2D eigenvalue weighted by atomic mass is 9.94. The Morgan fingerprint density at radius 2 is 1.68 bits per heavy atom. The molecule has 0 aliphatic carbocycles. The minimum absolute atomic E-state index is 0.0427. The van der Waals surface area contributed by atoms with E-state index in [4.69, 9.17) is 9.47 Å². The molecule has 1 atom stereocenters. The number of aryl methyl sites for hydroxylation is 1. The Bertz CT molecular complexity index is 1390. The summed E-state index contributed by atoms with van der Waals surface area (Å²) in [6.45, 7) is 7.60. The molecule has 0 bridgehead atoms. The molecule has 1 aliphatic heterocycles. The standard InChI is InChI=1S/C30H29NO6/c1-5-36-30(35)22-12-7-13-23(16-22)31-26(20-10-6-9-19(4)15-20)25(28(33)29(31)34)27(32)21-11-8-14-24(17-21)37-18(2)3/h6-18,26,32H,5H2,1-4H3/b27-25+. The second-order valence-corrected chi connectivity index (χ2v) is 9.05. The second kappa shape index (κ2) is 10.7. The van der Waals surface area contributed by atoms with E-state index in [-0.39, 0.29) is 29.6 Å². The maximum absolute atomic E-state index is 13.4. The summed E-state index contributed by atoms with van der Waals surface area (Å²) in [7, 11) is 0. The molecular formula is C30H29NO6. The molecule has 37 heavy (non-hydrogen) atoms. The number of hydrogen-bond acceptors (Lipinski definition) is 6. The quantitative estimate of drug-likeness (QED) is 0.197. The van der Waals surface area contributed by atoms with Gasteiger partial charge in [0, 0.05) is 11.3 Å². The molecule has 0 spiro atoms. The third kappa shape index (κ3) is 5.26. The molecule has 1 amide bonds. The van der Waals surface area contributed by atoms with Gasteiger partial charge in [-0.25, -0.2) is 4.79 Å². The van der Waals surface area contributed by atoms with Crippen molar-refractivity contribution in [1.29, 1.82) is 0 Å². The Labute approximate surface area is 215 Å². The maximum Gasteiger partial charge on any atom is 0.338 e. The topological polar surface area (TPSA) is 93.1 Å². The number of ether oxygens (including phenoxy) is 2. The van der Waals surface area contributed by atoms with Gasteiger partial charge < -0.3 is 14.6 Å². The van der Waals surface area contributed by atoms with Crippen LogP contribution in [0.4, 0.5) is 5.69 Å². The number of aliphatic hydroxyl groups excluding tert-OH is 1. The van der Waals surface area contributed by atoms with E-state index in [2.05, 4.69) is 0 Å². The molecule has 1 saturated heterocycles. The summed E-state index contributed by atoms with van der Waals surface area (Å²) >= 11 is 0. The summed E-state index contributed by atoms with van der Waals surface area (Å²) in [4.78, 5) is 40.5. The summed E-state index contributed by atoms with van der Waals surface area (Å²) in [6, 6.07) is 19.6. The molecule has 7 nitrogen and oxygen atoms in total. The van der Waals surface area contributed by atoms with Gasteiger partial charge in [-0.1, -0.05) is 48.0 Å². The van der Waals surface area contributed by atoms with Crippen LogP contribution in [0, 0.1) is 6.92 Å². The van der Waals surface area contributed by atoms with Gasteiger partial charge >= 0.3 is 5.97 Å². The molecule has 0 saturated carbocycles. The number of rotatable bonds is 7. The second-order valence-electron chi connectivity index (χ2n) is 9.05. The molecule has 0 radical (unpaired) electrons. The highest BCUT2D eigenvalue weighted by Gasteiger charge is 2.47.